The number of rotatable bonds is 5. The predicted molar refractivity (Wildman–Crippen MR) is 125 cm³/mol. The van der Waals surface area contributed by atoms with Crippen LogP contribution in [0.4, 0.5) is 0 Å². The Morgan fingerprint density at radius 2 is 1.97 bits per heavy atom. The molecule has 0 saturated carbocycles. The van der Waals surface area contributed by atoms with E-state index in [1.807, 2.05) is 11.8 Å². The second-order valence-corrected chi connectivity index (χ2v) is 8.33. The fourth-order valence-corrected chi connectivity index (χ4v) is 4.27. The van der Waals surface area contributed by atoms with Gasteiger partial charge in [-0.3, -0.25) is 4.79 Å². The van der Waals surface area contributed by atoms with Crippen LogP contribution in [0.15, 0.2) is 42.7 Å². The molecule has 0 unspecified atom stereocenters. The second-order valence-electron chi connectivity index (χ2n) is 8.33. The molecule has 0 atom stereocenters. The third-order valence-corrected chi connectivity index (χ3v) is 6.02. The first-order chi connectivity index (χ1) is 16.0. The minimum Gasteiger partial charge on any atom is -0.493 e. The third-order valence-electron chi connectivity index (χ3n) is 6.02. The topological polar surface area (TPSA) is 98.3 Å². The molecule has 1 fully saturated rings. The number of carbonyl (C=O) groups is 1. The van der Waals surface area contributed by atoms with Gasteiger partial charge in [0.25, 0.3) is 5.91 Å². The summed E-state index contributed by atoms with van der Waals surface area (Å²) in [5.74, 6) is 0.357. The van der Waals surface area contributed by atoms with Crippen molar-refractivity contribution in [1.82, 2.24) is 24.6 Å². The van der Waals surface area contributed by atoms with Crippen LogP contribution in [0.1, 0.15) is 41.3 Å². The maximum Gasteiger partial charge on any atom is 0.255 e. The average Bonchev–Trinajstić information content (AvgIpc) is 3.05. The molecule has 0 aliphatic carbocycles. The van der Waals surface area contributed by atoms with Gasteiger partial charge in [-0.25, -0.2) is 4.98 Å². The number of aryl methyl sites for hydroxylation is 1. The summed E-state index contributed by atoms with van der Waals surface area (Å²) in [5, 5.41) is 24.1. The number of pyridine rings is 1. The summed E-state index contributed by atoms with van der Waals surface area (Å²) in [7, 11) is 0. The van der Waals surface area contributed by atoms with Crippen LogP contribution in [0.5, 0.6) is 5.88 Å². The number of benzene rings is 1. The highest BCUT2D eigenvalue weighted by Crippen LogP contribution is 2.33. The molecule has 2 aromatic heterocycles. The third kappa shape index (κ3) is 4.73. The average molecular weight is 445 g/mol. The summed E-state index contributed by atoms with van der Waals surface area (Å²) in [6.07, 6.45) is 5.20. The van der Waals surface area contributed by atoms with Gasteiger partial charge in [0.2, 0.25) is 5.88 Å². The molecular formula is C25H28N6O2. The van der Waals surface area contributed by atoms with E-state index in [4.69, 9.17) is 5.26 Å². The van der Waals surface area contributed by atoms with Crippen molar-refractivity contribution in [3.63, 3.8) is 0 Å². The SMILES string of the molecule is CCCN1CCCN(C(=O)c2ccc(-n3ncc(-c4ccc(C#N)cc4C)c3O)nc2)CC1. The standard InChI is InChI=1S/C25H28N6O2/c1-3-9-29-10-4-11-30(13-12-29)24(32)20-6-8-23(27-16-20)31-25(33)22(17-28-31)21-7-5-19(15-26)14-18(21)2/h5-8,14,16-17,33H,3-4,9-13H2,1-2H3. The summed E-state index contributed by atoms with van der Waals surface area (Å²) in [4.78, 5) is 21.7. The molecule has 3 aromatic rings. The van der Waals surface area contributed by atoms with E-state index in [0.29, 0.717) is 29.1 Å². The number of amides is 1. The van der Waals surface area contributed by atoms with E-state index < -0.39 is 0 Å². The Labute approximate surface area is 193 Å². The van der Waals surface area contributed by atoms with Gasteiger partial charge >= 0.3 is 0 Å². The monoisotopic (exact) mass is 444 g/mol. The molecule has 0 bridgehead atoms. The van der Waals surface area contributed by atoms with Crippen LogP contribution in [0.2, 0.25) is 0 Å². The van der Waals surface area contributed by atoms with Gasteiger partial charge in [-0.2, -0.15) is 15.0 Å². The summed E-state index contributed by atoms with van der Waals surface area (Å²) in [6, 6.07) is 10.8. The van der Waals surface area contributed by atoms with Crippen molar-refractivity contribution in [2.75, 3.05) is 32.7 Å². The van der Waals surface area contributed by atoms with E-state index in [2.05, 4.69) is 28.0 Å². The van der Waals surface area contributed by atoms with Crippen LogP contribution in [0.25, 0.3) is 16.9 Å². The van der Waals surface area contributed by atoms with Crippen LogP contribution >= 0.6 is 0 Å². The van der Waals surface area contributed by atoms with Crippen molar-refractivity contribution < 1.29 is 9.90 Å². The summed E-state index contributed by atoms with van der Waals surface area (Å²) in [5.41, 5.74) is 3.31. The first-order valence-corrected chi connectivity index (χ1v) is 11.3. The Bertz CT molecular complexity index is 1180. The lowest BCUT2D eigenvalue weighted by molar-refractivity contribution is 0.0761. The first kappa shape index (κ1) is 22.5. The van der Waals surface area contributed by atoms with Crippen molar-refractivity contribution in [3.05, 3.63) is 59.4 Å². The normalized spacial score (nSPS) is 14.6. The molecule has 1 aliphatic heterocycles. The quantitative estimate of drug-likeness (QED) is 0.648. The van der Waals surface area contributed by atoms with Crippen LogP contribution in [-0.2, 0) is 0 Å². The largest absolute Gasteiger partial charge is 0.493 e. The Balaban J connectivity index is 1.51. The van der Waals surface area contributed by atoms with Gasteiger partial charge in [-0.05, 0) is 68.2 Å². The zero-order valence-corrected chi connectivity index (χ0v) is 19.0. The van der Waals surface area contributed by atoms with Crippen molar-refractivity contribution >= 4 is 5.91 Å². The predicted octanol–water partition coefficient (Wildman–Crippen LogP) is 3.38. The van der Waals surface area contributed by atoms with Crippen LogP contribution in [0, 0.1) is 18.3 Å². The van der Waals surface area contributed by atoms with Crippen LogP contribution in [0.3, 0.4) is 0 Å². The van der Waals surface area contributed by atoms with E-state index >= 15 is 0 Å². The summed E-state index contributed by atoms with van der Waals surface area (Å²) >= 11 is 0. The Hall–Kier alpha value is -3.70. The maximum absolute atomic E-state index is 13.0. The molecule has 8 heteroatoms. The van der Waals surface area contributed by atoms with Crippen molar-refractivity contribution in [2.24, 2.45) is 0 Å². The van der Waals surface area contributed by atoms with Gasteiger partial charge in [-0.15, -0.1) is 0 Å². The number of aromatic nitrogens is 3. The lowest BCUT2D eigenvalue weighted by Gasteiger charge is -2.21. The van der Waals surface area contributed by atoms with Crippen LogP contribution in [-0.4, -0.2) is 68.3 Å². The Kier molecular flexibility index (Phi) is 6.71. The number of nitriles is 1. The number of carbonyl (C=O) groups excluding carboxylic acids is 1. The van der Waals surface area contributed by atoms with Gasteiger partial charge in [0.15, 0.2) is 5.82 Å². The molecule has 1 amide bonds. The van der Waals surface area contributed by atoms with Crippen molar-refractivity contribution in [2.45, 2.75) is 26.7 Å². The highest BCUT2D eigenvalue weighted by molar-refractivity contribution is 5.94. The summed E-state index contributed by atoms with van der Waals surface area (Å²) in [6.45, 7) is 8.50. The van der Waals surface area contributed by atoms with Gasteiger partial charge in [-0.1, -0.05) is 13.0 Å². The van der Waals surface area contributed by atoms with E-state index in [0.717, 1.165) is 50.1 Å². The fraction of sp³-hybridized carbons (Fsp3) is 0.360. The zero-order valence-electron chi connectivity index (χ0n) is 19.0. The Morgan fingerprint density at radius 3 is 2.67 bits per heavy atom. The molecule has 0 radical (unpaired) electrons. The van der Waals surface area contributed by atoms with Gasteiger partial charge < -0.3 is 14.9 Å². The lowest BCUT2D eigenvalue weighted by atomic mass is 10.0. The number of nitrogens with zero attached hydrogens (tertiary/aromatic N) is 6. The molecule has 1 saturated heterocycles. The first-order valence-electron chi connectivity index (χ1n) is 11.3. The summed E-state index contributed by atoms with van der Waals surface area (Å²) < 4.78 is 1.34. The maximum atomic E-state index is 13.0. The molecular weight excluding hydrogens is 416 g/mol. The van der Waals surface area contributed by atoms with E-state index in [1.165, 1.54) is 4.68 Å². The smallest absolute Gasteiger partial charge is 0.255 e. The van der Waals surface area contributed by atoms with Crippen LogP contribution < -0.4 is 0 Å². The molecule has 33 heavy (non-hydrogen) atoms. The fourth-order valence-electron chi connectivity index (χ4n) is 4.27. The molecule has 0 spiro atoms. The molecule has 3 heterocycles. The molecule has 170 valence electrons. The van der Waals surface area contributed by atoms with Crippen molar-refractivity contribution in [3.8, 4) is 28.9 Å². The van der Waals surface area contributed by atoms with E-state index in [-0.39, 0.29) is 11.8 Å². The number of hydrogen-bond donors (Lipinski definition) is 1. The number of hydrogen-bond acceptors (Lipinski definition) is 6. The number of aromatic hydroxyl groups is 1. The highest BCUT2D eigenvalue weighted by atomic mass is 16.3. The van der Waals surface area contributed by atoms with Gasteiger partial charge in [0, 0.05) is 25.8 Å². The van der Waals surface area contributed by atoms with E-state index in [1.54, 1.807) is 42.7 Å². The second kappa shape index (κ2) is 9.84. The highest BCUT2D eigenvalue weighted by Gasteiger charge is 2.21. The zero-order chi connectivity index (χ0) is 23.4. The molecule has 1 aliphatic rings. The molecule has 1 aromatic carbocycles. The van der Waals surface area contributed by atoms with Crippen molar-refractivity contribution in [1.29, 1.82) is 5.26 Å². The molecule has 1 N–H and O–H groups in total. The minimum absolute atomic E-state index is 0.0222. The minimum atomic E-state index is -0.0436. The molecule has 8 nitrogen and oxygen atoms in total. The van der Waals surface area contributed by atoms with Gasteiger partial charge in [0.1, 0.15) is 0 Å². The lowest BCUT2D eigenvalue weighted by Crippen LogP contribution is -2.35. The van der Waals surface area contributed by atoms with Gasteiger partial charge in [0.05, 0.1) is 29.0 Å². The molecule has 4 rings (SSSR count). The Morgan fingerprint density at radius 1 is 1.12 bits per heavy atom. The van der Waals surface area contributed by atoms with E-state index in [9.17, 15) is 9.90 Å².